The van der Waals surface area contributed by atoms with Gasteiger partial charge in [0.1, 0.15) is 11.5 Å². The van der Waals surface area contributed by atoms with Gasteiger partial charge in [0, 0.05) is 12.5 Å². The van der Waals surface area contributed by atoms with Crippen LogP contribution in [0, 0.1) is 0 Å². The minimum Gasteiger partial charge on any atom is -0.504 e. The summed E-state index contributed by atoms with van der Waals surface area (Å²) in [6.07, 6.45) is 4.07. The second-order valence-electron chi connectivity index (χ2n) is 9.53. The first kappa shape index (κ1) is 44.1. The SMILES string of the molecule is BrB(Br)Br.CCc1ccc(Oc2ccc(S(C)(=O)=O)cc2)c(O)c1.CCc1ccc(Oc2ccc(S(C)(=O)=O)cc2)c(OC)c1.ClCCl. The van der Waals surface area contributed by atoms with Gasteiger partial charge in [-0.25, -0.2) is 16.8 Å². The number of benzene rings is 4. The van der Waals surface area contributed by atoms with E-state index in [9.17, 15) is 21.9 Å². The fraction of sp³-hybridized carbons (Fsp3) is 0.250. The van der Waals surface area contributed by atoms with E-state index < -0.39 is 19.7 Å². The minimum absolute atomic E-state index is 0.0662. The van der Waals surface area contributed by atoms with Crippen LogP contribution < -0.4 is 14.2 Å². The summed E-state index contributed by atoms with van der Waals surface area (Å²) in [5.74, 6) is 2.69. The molecule has 8 nitrogen and oxygen atoms in total. The van der Waals surface area contributed by atoms with Crippen molar-refractivity contribution in [3.8, 4) is 34.5 Å². The van der Waals surface area contributed by atoms with E-state index in [-0.39, 0.29) is 24.1 Å². The number of halogens is 5. The summed E-state index contributed by atoms with van der Waals surface area (Å²) in [5, 5.41) is 10.0. The molecule has 0 radical (unpaired) electrons. The van der Waals surface area contributed by atoms with E-state index in [0.29, 0.717) is 28.7 Å². The summed E-state index contributed by atoms with van der Waals surface area (Å²) in [6.45, 7) is 4.07. The average Bonchev–Trinajstić information content (AvgIpc) is 3.02. The third-order valence-corrected chi connectivity index (χ3v) is 8.28. The molecule has 0 aliphatic heterocycles. The summed E-state index contributed by atoms with van der Waals surface area (Å²) in [6, 6.07) is 23.4. The highest BCUT2D eigenvalue weighted by Crippen LogP contribution is 2.33. The first-order valence-corrected chi connectivity index (χ1v) is 21.6. The van der Waals surface area contributed by atoms with Crippen molar-refractivity contribution >= 4 is 93.3 Å². The van der Waals surface area contributed by atoms with Crippen molar-refractivity contribution in [2.75, 3.05) is 25.0 Å². The lowest BCUT2D eigenvalue weighted by Crippen LogP contribution is -1.97. The van der Waals surface area contributed by atoms with Crippen LogP contribution in [0.15, 0.2) is 94.7 Å². The number of aryl methyl sites for hydroxylation is 2. The van der Waals surface area contributed by atoms with Crippen molar-refractivity contribution in [1.29, 1.82) is 0 Å². The van der Waals surface area contributed by atoms with Crippen LogP contribution in [-0.4, -0.2) is 50.1 Å². The van der Waals surface area contributed by atoms with Gasteiger partial charge in [-0.2, -0.15) is 0 Å². The molecule has 0 aliphatic carbocycles. The molecule has 262 valence electrons. The quantitative estimate of drug-likeness (QED) is 0.130. The predicted octanol–water partition coefficient (Wildman–Crippen LogP) is 10.2. The number of ether oxygens (including phenoxy) is 3. The number of phenolic OH excluding ortho intramolecular Hbond substituents is 1. The van der Waals surface area contributed by atoms with Crippen LogP contribution >= 0.6 is 70.5 Å². The van der Waals surface area contributed by atoms with Crippen molar-refractivity contribution in [1.82, 2.24) is 0 Å². The van der Waals surface area contributed by atoms with Gasteiger partial charge in [-0.15, -0.1) is 70.5 Å². The van der Waals surface area contributed by atoms with Crippen LogP contribution in [0.1, 0.15) is 25.0 Å². The Hall–Kier alpha value is -1.94. The third kappa shape index (κ3) is 16.6. The normalized spacial score (nSPS) is 10.5. The maximum Gasteiger partial charge on any atom is 0.369 e. The Balaban J connectivity index is 0.000000403. The Kier molecular flexibility index (Phi) is 20.2. The maximum absolute atomic E-state index is 11.4. The second kappa shape index (κ2) is 22.0. The first-order chi connectivity index (χ1) is 22.5. The van der Waals surface area contributed by atoms with Gasteiger partial charge in [-0.3, -0.25) is 0 Å². The highest BCUT2D eigenvalue weighted by atomic mass is 79.9. The molecule has 0 heterocycles. The topological polar surface area (TPSA) is 116 Å². The number of phenols is 1. The van der Waals surface area contributed by atoms with Crippen molar-refractivity contribution in [3.05, 3.63) is 96.1 Å². The molecule has 4 rings (SSSR count). The molecule has 0 amide bonds. The van der Waals surface area contributed by atoms with Crippen molar-refractivity contribution in [2.45, 2.75) is 36.5 Å². The molecule has 0 unspecified atom stereocenters. The van der Waals surface area contributed by atoms with E-state index in [4.69, 9.17) is 37.4 Å². The molecule has 0 aromatic heterocycles. The van der Waals surface area contributed by atoms with E-state index in [0.717, 1.165) is 30.2 Å². The Morgan fingerprint density at radius 3 is 1.33 bits per heavy atom. The van der Waals surface area contributed by atoms with E-state index in [2.05, 4.69) is 54.2 Å². The predicted molar refractivity (Wildman–Crippen MR) is 208 cm³/mol. The summed E-state index contributed by atoms with van der Waals surface area (Å²) < 4.78 is 62.4. The second-order valence-corrected chi connectivity index (χ2v) is 20.8. The summed E-state index contributed by atoms with van der Waals surface area (Å²) in [4.78, 5) is 0.499. The number of aromatic hydroxyl groups is 1. The van der Waals surface area contributed by atoms with Crippen LogP contribution in [0.5, 0.6) is 34.5 Å². The number of sulfone groups is 2. The largest absolute Gasteiger partial charge is 0.504 e. The van der Waals surface area contributed by atoms with Crippen LogP contribution in [0.2, 0.25) is 0 Å². The first-order valence-electron chi connectivity index (χ1n) is 14.0. The molecule has 0 atom stereocenters. The third-order valence-electron chi connectivity index (χ3n) is 6.03. The maximum atomic E-state index is 11.4. The monoisotopic (exact) mass is 930 g/mol. The van der Waals surface area contributed by atoms with Gasteiger partial charge in [-0.1, -0.05) is 26.0 Å². The zero-order valence-electron chi connectivity index (χ0n) is 26.8. The van der Waals surface area contributed by atoms with E-state index in [1.807, 2.05) is 31.2 Å². The lowest BCUT2D eigenvalue weighted by molar-refractivity contribution is 0.378. The van der Waals surface area contributed by atoms with Gasteiger partial charge in [-0.05, 0) is 96.8 Å². The highest BCUT2D eigenvalue weighted by Gasteiger charge is 2.10. The van der Waals surface area contributed by atoms with Gasteiger partial charge in [0.2, 0.25) is 0 Å². The standard InChI is InChI=1S/C16H18O4S.C15H16O4S.CH2Cl2.BBr3/c1-4-12-5-10-15(16(11-12)19-2)20-13-6-8-14(9-7-13)21(3,17)18;1-3-11-4-9-15(14(16)10-11)19-12-5-7-13(8-6-12)20(2,17)18;2-1-3;2-1(3)4/h5-11H,4H2,1-3H3;4-10,16H,3H2,1-2H3;1H2;. The summed E-state index contributed by atoms with van der Waals surface area (Å²) >= 11 is 18.8. The van der Waals surface area contributed by atoms with Crippen molar-refractivity contribution in [3.63, 3.8) is 0 Å². The van der Waals surface area contributed by atoms with E-state index in [1.54, 1.807) is 43.5 Å². The molecular weight excluding hydrogens is 898 g/mol. The number of methoxy groups -OCH3 is 1. The fourth-order valence-electron chi connectivity index (χ4n) is 3.65. The number of hydrogen-bond donors (Lipinski definition) is 1. The molecule has 0 saturated carbocycles. The van der Waals surface area contributed by atoms with Crippen LogP contribution in [-0.2, 0) is 32.5 Å². The molecule has 0 saturated heterocycles. The zero-order valence-corrected chi connectivity index (χ0v) is 34.7. The Bertz CT molecular complexity index is 1780. The average molecular weight is 934 g/mol. The molecular formula is C32H36BBr3Cl2O8S2. The highest BCUT2D eigenvalue weighted by molar-refractivity contribution is 9.69. The lowest BCUT2D eigenvalue weighted by Gasteiger charge is -2.11. The van der Waals surface area contributed by atoms with E-state index in [1.165, 1.54) is 30.5 Å². The molecule has 0 aliphatic rings. The molecule has 4 aromatic rings. The Morgan fingerprint density at radius 2 is 1.00 bits per heavy atom. The number of hydrogen-bond acceptors (Lipinski definition) is 8. The Morgan fingerprint density at radius 1 is 0.646 bits per heavy atom. The molecule has 0 fully saturated rings. The smallest absolute Gasteiger partial charge is 0.369 e. The van der Waals surface area contributed by atoms with Gasteiger partial charge in [0.25, 0.3) is 0 Å². The lowest BCUT2D eigenvalue weighted by atomic mass is 10.1. The van der Waals surface area contributed by atoms with Gasteiger partial charge < -0.3 is 19.3 Å². The molecule has 1 N–H and O–H groups in total. The van der Waals surface area contributed by atoms with Crippen LogP contribution in [0.3, 0.4) is 0 Å². The van der Waals surface area contributed by atoms with Crippen molar-refractivity contribution < 1.29 is 36.2 Å². The van der Waals surface area contributed by atoms with Crippen molar-refractivity contribution in [2.24, 2.45) is 0 Å². The zero-order chi connectivity index (χ0) is 36.5. The number of rotatable bonds is 9. The minimum atomic E-state index is -3.21. The molecule has 48 heavy (non-hydrogen) atoms. The van der Waals surface area contributed by atoms with E-state index >= 15 is 0 Å². The number of alkyl halides is 2. The fourth-order valence-corrected chi connectivity index (χ4v) is 4.91. The van der Waals surface area contributed by atoms with Gasteiger partial charge in [0.05, 0.1) is 22.2 Å². The summed E-state index contributed by atoms with van der Waals surface area (Å²) in [5.41, 5.74) is 2.17. The van der Waals surface area contributed by atoms with Gasteiger partial charge >= 0.3 is 3.18 Å². The Labute approximate surface area is 318 Å². The van der Waals surface area contributed by atoms with Gasteiger partial charge in [0.15, 0.2) is 42.7 Å². The molecule has 4 aromatic carbocycles. The summed E-state index contributed by atoms with van der Waals surface area (Å²) in [7, 11) is -4.82. The molecule has 16 heteroatoms. The van der Waals surface area contributed by atoms with Crippen LogP contribution in [0.25, 0.3) is 0 Å². The molecule has 0 spiro atoms. The van der Waals surface area contributed by atoms with Crippen LogP contribution in [0.4, 0.5) is 0 Å². The molecule has 0 bridgehead atoms.